The van der Waals surface area contributed by atoms with Crippen LogP contribution in [0, 0.1) is 6.92 Å². The van der Waals surface area contributed by atoms with Crippen LogP contribution in [0.1, 0.15) is 17.0 Å². The third-order valence-corrected chi connectivity index (χ3v) is 3.30. The maximum absolute atomic E-state index is 12.1. The molecule has 1 aromatic heterocycles. The van der Waals surface area contributed by atoms with E-state index in [1.165, 1.54) is 0 Å². The van der Waals surface area contributed by atoms with Crippen LogP contribution in [0.25, 0.3) is 0 Å². The van der Waals surface area contributed by atoms with Crippen molar-refractivity contribution in [3.05, 3.63) is 53.3 Å². The van der Waals surface area contributed by atoms with Crippen LogP contribution in [-0.4, -0.2) is 10.9 Å². The summed E-state index contributed by atoms with van der Waals surface area (Å²) in [4.78, 5) is 18.3. The molecule has 0 saturated heterocycles. The minimum absolute atomic E-state index is 0.101. The van der Waals surface area contributed by atoms with Gasteiger partial charge < -0.3 is 10.6 Å². The summed E-state index contributed by atoms with van der Waals surface area (Å²) >= 11 is 0. The number of rotatable bonds is 2. The van der Waals surface area contributed by atoms with Crippen LogP contribution in [0.2, 0.25) is 0 Å². The summed E-state index contributed by atoms with van der Waals surface area (Å²) < 4.78 is 0. The Balaban J connectivity index is 1.92. The first kappa shape index (κ1) is 11.7. The number of fused-ring (bicyclic) bond motifs is 1. The van der Waals surface area contributed by atoms with Crippen LogP contribution in [0.5, 0.6) is 0 Å². The molecule has 3 rings (SSSR count). The van der Waals surface area contributed by atoms with Crippen LogP contribution < -0.4 is 10.6 Å². The third-order valence-electron chi connectivity index (χ3n) is 3.30. The van der Waals surface area contributed by atoms with Gasteiger partial charge in [0.15, 0.2) is 0 Å². The van der Waals surface area contributed by atoms with Crippen molar-refractivity contribution in [2.24, 2.45) is 0 Å². The van der Waals surface area contributed by atoms with Gasteiger partial charge in [-0.3, -0.25) is 9.78 Å². The number of anilines is 2. The van der Waals surface area contributed by atoms with Gasteiger partial charge in [0.1, 0.15) is 0 Å². The summed E-state index contributed by atoms with van der Waals surface area (Å²) in [7, 11) is 0. The second-order valence-electron chi connectivity index (χ2n) is 4.82. The highest BCUT2D eigenvalue weighted by atomic mass is 16.2. The van der Waals surface area contributed by atoms with Crippen molar-refractivity contribution in [3.8, 4) is 0 Å². The van der Waals surface area contributed by atoms with Crippen molar-refractivity contribution < 1.29 is 4.79 Å². The minimum atomic E-state index is 0.101. The first-order valence-corrected chi connectivity index (χ1v) is 6.25. The fraction of sp³-hybridized carbons (Fsp3) is 0.200. The highest BCUT2D eigenvalue weighted by Crippen LogP contribution is 2.31. The number of nitrogens with zero attached hydrogens (tertiary/aromatic N) is 2. The third kappa shape index (κ3) is 2.17. The van der Waals surface area contributed by atoms with E-state index >= 15 is 0 Å². The second-order valence-corrected chi connectivity index (χ2v) is 4.82. The monoisotopic (exact) mass is 253 g/mol. The van der Waals surface area contributed by atoms with E-state index < -0.39 is 0 Å². The molecule has 1 aliphatic heterocycles. The molecule has 0 radical (unpaired) electrons. The van der Waals surface area contributed by atoms with E-state index in [9.17, 15) is 4.79 Å². The molecule has 0 spiro atoms. The Morgan fingerprint density at radius 1 is 1.32 bits per heavy atom. The number of pyridine rings is 1. The Kier molecular flexibility index (Phi) is 2.71. The highest BCUT2D eigenvalue weighted by Gasteiger charge is 2.27. The maximum Gasteiger partial charge on any atom is 0.231 e. The molecule has 96 valence electrons. The van der Waals surface area contributed by atoms with Crippen LogP contribution in [0.4, 0.5) is 11.4 Å². The molecule has 2 heterocycles. The van der Waals surface area contributed by atoms with Crippen LogP contribution in [0.15, 0.2) is 36.4 Å². The van der Waals surface area contributed by atoms with Crippen molar-refractivity contribution in [3.63, 3.8) is 0 Å². The zero-order chi connectivity index (χ0) is 13.4. The second kappa shape index (κ2) is 4.39. The van der Waals surface area contributed by atoms with Gasteiger partial charge in [-0.15, -0.1) is 0 Å². The van der Waals surface area contributed by atoms with E-state index in [-0.39, 0.29) is 5.91 Å². The van der Waals surface area contributed by atoms with Crippen molar-refractivity contribution in [1.82, 2.24) is 4.98 Å². The normalized spacial score (nSPS) is 13.7. The summed E-state index contributed by atoms with van der Waals surface area (Å²) in [6.45, 7) is 2.46. The molecule has 4 heteroatoms. The molecule has 1 amide bonds. The van der Waals surface area contributed by atoms with Gasteiger partial charge in [-0.05, 0) is 42.8 Å². The highest BCUT2D eigenvalue weighted by molar-refractivity contribution is 6.01. The molecule has 0 atom stereocenters. The van der Waals surface area contributed by atoms with Gasteiger partial charge in [0.25, 0.3) is 0 Å². The molecule has 0 unspecified atom stereocenters. The summed E-state index contributed by atoms with van der Waals surface area (Å²) in [5.41, 5.74) is 10.3. The average molecular weight is 253 g/mol. The molecule has 0 saturated carbocycles. The molecule has 1 aromatic carbocycles. The quantitative estimate of drug-likeness (QED) is 0.833. The molecular formula is C15H15N3O. The van der Waals surface area contributed by atoms with Crippen LogP contribution in [-0.2, 0) is 17.8 Å². The van der Waals surface area contributed by atoms with Gasteiger partial charge >= 0.3 is 0 Å². The number of nitrogens with two attached hydrogens (primary N) is 1. The fourth-order valence-electron chi connectivity index (χ4n) is 2.43. The molecular weight excluding hydrogens is 238 g/mol. The Labute approximate surface area is 111 Å². The van der Waals surface area contributed by atoms with E-state index in [0.29, 0.717) is 18.7 Å². The number of aromatic nitrogens is 1. The number of amides is 1. The molecule has 0 fully saturated rings. The first-order chi connectivity index (χ1) is 9.13. The SMILES string of the molecule is Cc1cccc(CN2C(=O)Cc3cc(N)ccc32)n1. The predicted molar refractivity (Wildman–Crippen MR) is 74.7 cm³/mol. The van der Waals surface area contributed by atoms with E-state index in [0.717, 1.165) is 22.6 Å². The van der Waals surface area contributed by atoms with Gasteiger partial charge in [0, 0.05) is 17.1 Å². The van der Waals surface area contributed by atoms with Crippen LogP contribution in [0.3, 0.4) is 0 Å². The topological polar surface area (TPSA) is 59.2 Å². The zero-order valence-corrected chi connectivity index (χ0v) is 10.8. The Morgan fingerprint density at radius 3 is 2.95 bits per heavy atom. The molecule has 0 bridgehead atoms. The molecule has 1 aliphatic rings. The smallest absolute Gasteiger partial charge is 0.231 e. The Morgan fingerprint density at radius 2 is 2.16 bits per heavy atom. The van der Waals surface area contributed by atoms with Crippen molar-refractivity contribution in [2.75, 3.05) is 10.6 Å². The van der Waals surface area contributed by atoms with Crippen molar-refractivity contribution >= 4 is 17.3 Å². The number of carbonyl (C=O) groups is 1. The maximum atomic E-state index is 12.1. The number of carbonyl (C=O) groups excluding carboxylic acids is 1. The van der Waals surface area contributed by atoms with Gasteiger partial charge in [0.05, 0.1) is 18.7 Å². The number of benzene rings is 1. The summed E-state index contributed by atoms with van der Waals surface area (Å²) in [6, 6.07) is 11.5. The van der Waals surface area contributed by atoms with E-state index in [2.05, 4.69) is 4.98 Å². The van der Waals surface area contributed by atoms with E-state index in [4.69, 9.17) is 5.73 Å². The minimum Gasteiger partial charge on any atom is -0.399 e. The van der Waals surface area contributed by atoms with Crippen LogP contribution >= 0.6 is 0 Å². The number of nitrogen functional groups attached to an aromatic ring is 1. The standard InChI is InChI=1S/C15H15N3O/c1-10-3-2-4-13(17-10)9-18-14-6-5-12(16)7-11(14)8-15(18)19/h2-7H,8-9,16H2,1H3. The summed E-state index contributed by atoms with van der Waals surface area (Å²) in [5.74, 6) is 0.101. The molecule has 4 nitrogen and oxygen atoms in total. The number of aryl methyl sites for hydroxylation is 1. The van der Waals surface area contributed by atoms with Crippen molar-refractivity contribution in [1.29, 1.82) is 0 Å². The summed E-state index contributed by atoms with van der Waals surface area (Å²) in [6.07, 6.45) is 0.423. The fourth-order valence-corrected chi connectivity index (χ4v) is 2.43. The van der Waals surface area contributed by atoms with Crippen molar-refractivity contribution in [2.45, 2.75) is 19.9 Å². The number of hydrogen-bond donors (Lipinski definition) is 1. The molecule has 2 N–H and O–H groups in total. The first-order valence-electron chi connectivity index (χ1n) is 6.25. The molecule has 19 heavy (non-hydrogen) atoms. The lowest BCUT2D eigenvalue weighted by molar-refractivity contribution is -0.117. The molecule has 2 aromatic rings. The number of hydrogen-bond acceptors (Lipinski definition) is 3. The largest absolute Gasteiger partial charge is 0.399 e. The lowest BCUT2D eigenvalue weighted by atomic mass is 10.1. The van der Waals surface area contributed by atoms with Gasteiger partial charge in [-0.1, -0.05) is 6.07 Å². The summed E-state index contributed by atoms with van der Waals surface area (Å²) in [5, 5.41) is 0. The van der Waals surface area contributed by atoms with E-state index in [1.54, 1.807) is 4.90 Å². The Bertz CT molecular complexity index is 652. The van der Waals surface area contributed by atoms with E-state index in [1.807, 2.05) is 43.3 Å². The lowest BCUT2D eigenvalue weighted by Crippen LogP contribution is -2.26. The Hall–Kier alpha value is -2.36. The predicted octanol–water partition coefficient (Wildman–Crippen LogP) is 2.06. The van der Waals surface area contributed by atoms with Gasteiger partial charge in [-0.25, -0.2) is 0 Å². The lowest BCUT2D eigenvalue weighted by Gasteiger charge is -2.17. The molecule has 0 aliphatic carbocycles. The average Bonchev–Trinajstić information content (AvgIpc) is 2.65. The zero-order valence-electron chi connectivity index (χ0n) is 10.8. The van der Waals surface area contributed by atoms with Gasteiger partial charge in [-0.2, -0.15) is 0 Å². The van der Waals surface area contributed by atoms with Gasteiger partial charge in [0.2, 0.25) is 5.91 Å².